The second-order valence-corrected chi connectivity index (χ2v) is 8.34. The molecule has 0 aromatic heterocycles. The fourth-order valence-corrected chi connectivity index (χ4v) is 3.06. The fraction of sp³-hybridized carbons (Fsp3) is 0.316. The van der Waals surface area contributed by atoms with Gasteiger partial charge < -0.3 is 10.4 Å². The lowest BCUT2D eigenvalue weighted by atomic mass is 10.00. The van der Waals surface area contributed by atoms with Crippen molar-refractivity contribution in [2.75, 3.05) is 18.1 Å². The van der Waals surface area contributed by atoms with Gasteiger partial charge in [-0.2, -0.15) is 0 Å². The van der Waals surface area contributed by atoms with Crippen LogP contribution in [0.4, 0.5) is 0 Å². The third-order valence-corrected chi connectivity index (χ3v) is 5.69. The van der Waals surface area contributed by atoms with Gasteiger partial charge in [-0.05, 0) is 41.8 Å². The summed E-state index contributed by atoms with van der Waals surface area (Å²) in [5, 5.41) is 12.3. The van der Waals surface area contributed by atoms with Gasteiger partial charge in [0.15, 0.2) is 9.84 Å². The van der Waals surface area contributed by atoms with E-state index in [2.05, 4.69) is 5.32 Å². The van der Waals surface area contributed by atoms with Crippen LogP contribution in [0.5, 0.6) is 0 Å². The average molecular weight is 361 g/mol. The lowest BCUT2D eigenvalue weighted by Crippen LogP contribution is -2.29. The van der Waals surface area contributed by atoms with Gasteiger partial charge in [-0.3, -0.25) is 4.79 Å². The molecule has 2 aromatic rings. The molecule has 0 spiro atoms. The van der Waals surface area contributed by atoms with Crippen LogP contribution >= 0.6 is 0 Å². The molecule has 0 saturated carbocycles. The largest absolute Gasteiger partial charge is 0.389 e. The molecule has 0 aliphatic heterocycles. The molecule has 134 valence electrons. The number of hydrogen-bond acceptors (Lipinski definition) is 4. The number of carbonyl (C=O) groups excluding carboxylic acids is 1. The van der Waals surface area contributed by atoms with Crippen LogP contribution < -0.4 is 5.32 Å². The zero-order valence-corrected chi connectivity index (χ0v) is 15.2. The molecular weight excluding hydrogens is 338 g/mol. The third-order valence-electron chi connectivity index (χ3n) is 3.99. The number of sulfone groups is 1. The first-order valence-electron chi connectivity index (χ1n) is 8.19. The summed E-state index contributed by atoms with van der Waals surface area (Å²) in [5.74, 6) is -0.279. The number of amides is 1. The molecule has 1 atom stereocenters. The number of hydrogen-bond donors (Lipinski definition) is 2. The summed E-state index contributed by atoms with van der Waals surface area (Å²) in [6.07, 6.45) is -0.538. The van der Waals surface area contributed by atoms with Crippen LogP contribution in [0, 0.1) is 0 Å². The van der Waals surface area contributed by atoms with E-state index in [1.807, 2.05) is 36.4 Å². The monoisotopic (exact) mass is 361 g/mol. The van der Waals surface area contributed by atoms with Crippen LogP contribution in [0.15, 0.2) is 48.5 Å². The minimum Gasteiger partial charge on any atom is -0.389 e. The first kappa shape index (κ1) is 19.1. The number of nitrogens with one attached hydrogen (secondary N) is 1. The molecule has 0 bridgehead atoms. The molecule has 2 aromatic carbocycles. The van der Waals surface area contributed by atoms with E-state index >= 15 is 0 Å². The van der Waals surface area contributed by atoms with Crippen molar-refractivity contribution < 1.29 is 18.3 Å². The predicted octanol–water partition coefficient (Wildman–Crippen LogP) is 2.57. The zero-order valence-electron chi connectivity index (χ0n) is 14.4. The SMILES string of the molecule is CCS(=O)(=O)CCNC(=O)c1ccc(-c2cccc([C@@H](C)O)c2)cc1. The smallest absolute Gasteiger partial charge is 0.251 e. The van der Waals surface area contributed by atoms with Gasteiger partial charge in [0.25, 0.3) is 5.91 Å². The molecule has 25 heavy (non-hydrogen) atoms. The van der Waals surface area contributed by atoms with Crippen molar-refractivity contribution in [3.63, 3.8) is 0 Å². The molecule has 6 heteroatoms. The Kier molecular flexibility index (Phi) is 6.33. The van der Waals surface area contributed by atoms with E-state index in [0.29, 0.717) is 5.56 Å². The molecule has 0 aliphatic carbocycles. The van der Waals surface area contributed by atoms with Gasteiger partial charge in [0.05, 0.1) is 11.9 Å². The van der Waals surface area contributed by atoms with E-state index < -0.39 is 15.9 Å². The van der Waals surface area contributed by atoms with Crippen molar-refractivity contribution in [2.45, 2.75) is 20.0 Å². The summed E-state index contributed by atoms with van der Waals surface area (Å²) >= 11 is 0. The number of carbonyl (C=O) groups is 1. The molecule has 0 unspecified atom stereocenters. The summed E-state index contributed by atoms with van der Waals surface area (Å²) in [6, 6.07) is 14.7. The quantitative estimate of drug-likeness (QED) is 0.794. The molecule has 1 amide bonds. The highest BCUT2D eigenvalue weighted by atomic mass is 32.2. The Morgan fingerprint density at radius 3 is 2.40 bits per heavy atom. The molecule has 0 radical (unpaired) electrons. The first-order chi connectivity index (χ1) is 11.8. The van der Waals surface area contributed by atoms with Crippen molar-refractivity contribution in [2.24, 2.45) is 0 Å². The van der Waals surface area contributed by atoms with Crippen molar-refractivity contribution >= 4 is 15.7 Å². The van der Waals surface area contributed by atoms with Gasteiger partial charge >= 0.3 is 0 Å². The summed E-state index contributed by atoms with van der Waals surface area (Å²) in [5.41, 5.74) is 3.20. The average Bonchev–Trinajstić information content (AvgIpc) is 2.61. The molecule has 2 N–H and O–H groups in total. The maximum absolute atomic E-state index is 12.1. The van der Waals surface area contributed by atoms with Crippen molar-refractivity contribution in [1.29, 1.82) is 0 Å². The van der Waals surface area contributed by atoms with E-state index in [9.17, 15) is 18.3 Å². The second kappa shape index (κ2) is 8.27. The fourth-order valence-electron chi connectivity index (χ4n) is 2.36. The molecule has 5 nitrogen and oxygen atoms in total. The number of rotatable bonds is 7. The summed E-state index contributed by atoms with van der Waals surface area (Å²) in [4.78, 5) is 12.1. The molecule has 2 rings (SSSR count). The third kappa shape index (κ3) is 5.41. The summed E-state index contributed by atoms with van der Waals surface area (Å²) in [7, 11) is -3.09. The molecular formula is C19H23NO4S. The van der Waals surface area contributed by atoms with Crippen LogP contribution in [0.1, 0.15) is 35.9 Å². The summed E-state index contributed by atoms with van der Waals surface area (Å²) < 4.78 is 22.9. The van der Waals surface area contributed by atoms with Gasteiger partial charge in [0.1, 0.15) is 0 Å². The second-order valence-electron chi connectivity index (χ2n) is 5.87. The number of aliphatic hydroxyl groups is 1. The van der Waals surface area contributed by atoms with Crippen LogP contribution in [-0.4, -0.2) is 37.5 Å². The molecule has 0 aliphatic rings. The highest BCUT2D eigenvalue weighted by Crippen LogP contribution is 2.23. The van der Waals surface area contributed by atoms with Gasteiger partial charge in [0.2, 0.25) is 0 Å². The first-order valence-corrected chi connectivity index (χ1v) is 10.0. The zero-order chi connectivity index (χ0) is 18.4. The normalized spacial score (nSPS) is 12.6. The molecule has 0 heterocycles. The topological polar surface area (TPSA) is 83.5 Å². The van der Waals surface area contributed by atoms with Crippen molar-refractivity contribution in [1.82, 2.24) is 5.32 Å². The Bertz CT molecular complexity index is 827. The summed E-state index contributed by atoms with van der Waals surface area (Å²) in [6.45, 7) is 3.40. The lowest BCUT2D eigenvalue weighted by Gasteiger charge is -2.09. The minimum absolute atomic E-state index is 0.0561. The Morgan fingerprint density at radius 2 is 1.80 bits per heavy atom. The molecule has 0 fully saturated rings. The lowest BCUT2D eigenvalue weighted by molar-refractivity contribution is 0.0956. The van der Waals surface area contributed by atoms with Gasteiger partial charge in [0, 0.05) is 17.9 Å². The van der Waals surface area contributed by atoms with E-state index in [1.165, 1.54) is 0 Å². The molecule has 0 saturated heterocycles. The maximum atomic E-state index is 12.1. The van der Waals surface area contributed by atoms with E-state index in [-0.39, 0.29) is 24.0 Å². The standard InChI is InChI=1S/C19H23NO4S/c1-3-25(23,24)12-11-20-19(22)16-9-7-15(8-10-16)18-6-4-5-17(13-18)14(2)21/h4-10,13-14,21H,3,11-12H2,1-2H3,(H,20,22)/t14-/m1/s1. The van der Waals surface area contributed by atoms with Crippen molar-refractivity contribution in [3.8, 4) is 11.1 Å². The van der Waals surface area contributed by atoms with Gasteiger partial charge in [-0.1, -0.05) is 37.3 Å². The van der Waals surface area contributed by atoms with Crippen LogP contribution in [0.3, 0.4) is 0 Å². The Morgan fingerprint density at radius 1 is 1.12 bits per heavy atom. The van der Waals surface area contributed by atoms with Gasteiger partial charge in [-0.25, -0.2) is 8.42 Å². The van der Waals surface area contributed by atoms with E-state index in [1.54, 1.807) is 26.0 Å². The minimum atomic E-state index is -3.09. The van der Waals surface area contributed by atoms with Crippen LogP contribution in [0.2, 0.25) is 0 Å². The number of aliphatic hydroxyl groups excluding tert-OH is 1. The van der Waals surface area contributed by atoms with Crippen LogP contribution in [-0.2, 0) is 9.84 Å². The Labute approximate surface area is 148 Å². The Balaban J connectivity index is 2.04. The van der Waals surface area contributed by atoms with E-state index in [4.69, 9.17) is 0 Å². The number of benzene rings is 2. The van der Waals surface area contributed by atoms with Gasteiger partial charge in [-0.15, -0.1) is 0 Å². The van der Waals surface area contributed by atoms with Crippen molar-refractivity contribution in [3.05, 3.63) is 59.7 Å². The highest BCUT2D eigenvalue weighted by molar-refractivity contribution is 7.91. The van der Waals surface area contributed by atoms with Crippen LogP contribution in [0.25, 0.3) is 11.1 Å². The Hall–Kier alpha value is -2.18. The maximum Gasteiger partial charge on any atom is 0.251 e. The highest BCUT2D eigenvalue weighted by Gasteiger charge is 2.10. The predicted molar refractivity (Wildman–Crippen MR) is 99.2 cm³/mol. The van der Waals surface area contributed by atoms with E-state index in [0.717, 1.165) is 16.7 Å².